The van der Waals surface area contributed by atoms with E-state index in [1.54, 1.807) is 0 Å². The predicted octanol–water partition coefficient (Wildman–Crippen LogP) is 10.2. The summed E-state index contributed by atoms with van der Waals surface area (Å²) in [5.41, 5.74) is 0. The molecule has 0 radical (unpaired) electrons. The van der Waals surface area contributed by atoms with Crippen LogP contribution in [0.15, 0.2) is 24.3 Å². The van der Waals surface area contributed by atoms with Gasteiger partial charge in [0.2, 0.25) is 0 Å². The molecule has 1 aromatic carbocycles. The van der Waals surface area contributed by atoms with Crippen LogP contribution in [0.25, 0.3) is 0 Å². The van der Waals surface area contributed by atoms with Crippen LogP contribution in [-0.2, 0) is 0 Å². The van der Waals surface area contributed by atoms with Crippen molar-refractivity contribution < 1.29 is 84.1 Å². The lowest BCUT2D eigenvalue weighted by atomic mass is 9.88. The molecule has 0 aliphatic carbocycles. The molecule has 0 unspecified atom stereocenters. The Morgan fingerprint density at radius 3 is 1.21 bits per heavy atom. The van der Waals surface area contributed by atoms with Crippen LogP contribution in [0.4, 0.5) is 74.6 Å². The molecule has 0 bridgehead atoms. The highest BCUT2D eigenvalue weighted by Crippen LogP contribution is 2.64. The Bertz CT molecular complexity index is 1000. The number of ether oxygens (including phenoxy) is 2. The maximum absolute atomic E-state index is 13.9. The van der Waals surface area contributed by atoms with E-state index in [0.29, 0.717) is 6.42 Å². The van der Waals surface area contributed by atoms with Crippen molar-refractivity contribution in [2.45, 2.75) is 99.5 Å². The summed E-state index contributed by atoms with van der Waals surface area (Å²) in [5.74, 6) is -56.6. The summed E-state index contributed by atoms with van der Waals surface area (Å²) >= 11 is 0. The van der Waals surface area contributed by atoms with Gasteiger partial charge >= 0.3 is 47.6 Å². The number of hydrogen-bond donors (Lipinski definition) is 0. The van der Waals surface area contributed by atoms with Gasteiger partial charge in [-0.25, -0.2) is 0 Å². The third-order valence-corrected chi connectivity index (χ3v) is 6.06. The van der Waals surface area contributed by atoms with Crippen molar-refractivity contribution in [3.63, 3.8) is 0 Å². The van der Waals surface area contributed by atoms with E-state index < -0.39 is 66.4 Å². The van der Waals surface area contributed by atoms with Crippen LogP contribution in [0.1, 0.15) is 51.9 Å². The first-order chi connectivity index (χ1) is 19.3. The van der Waals surface area contributed by atoms with Gasteiger partial charge in [0, 0.05) is 0 Å². The molecule has 0 saturated carbocycles. The van der Waals surface area contributed by atoms with Crippen LogP contribution in [0.2, 0.25) is 0 Å². The first-order valence-corrected chi connectivity index (χ1v) is 12.3. The normalized spacial score (nSPS) is 14.7. The summed E-state index contributed by atoms with van der Waals surface area (Å²) in [4.78, 5) is 0. The molecule has 0 heterocycles. The van der Waals surface area contributed by atoms with Gasteiger partial charge in [0.05, 0.1) is 19.6 Å². The Hall–Kier alpha value is -2.37. The lowest BCUT2D eigenvalue weighted by Crippen LogP contribution is -2.74. The summed E-state index contributed by atoms with van der Waals surface area (Å²) in [7, 11) is 0. The van der Waals surface area contributed by atoms with E-state index in [1.165, 1.54) is 12.1 Å². The smallest absolute Gasteiger partial charge is 0.460 e. The SMILES string of the molecule is CCCCCCCCOc1ccc(OCCC(F)(F)C(F)(F)C(F)(F)C(F)(F)C(F)(F)C(F)(F)C(F)(F)C(F)(F)F)cc1. The van der Waals surface area contributed by atoms with Crippen LogP contribution in [0.5, 0.6) is 11.5 Å². The van der Waals surface area contributed by atoms with Crippen LogP contribution >= 0.6 is 0 Å². The Balaban J connectivity index is 2.97. The molecular formula is C24H25F17O2. The molecule has 0 aliphatic heterocycles. The number of halogens is 17. The number of unbranched alkanes of at least 4 members (excludes halogenated alkanes) is 5. The molecule has 19 heteroatoms. The van der Waals surface area contributed by atoms with Crippen LogP contribution in [0.3, 0.4) is 0 Å². The van der Waals surface area contributed by atoms with Crippen molar-refractivity contribution in [2.75, 3.05) is 13.2 Å². The summed E-state index contributed by atoms with van der Waals surface area (Å²) < 4.78 is 236. The van der Waals surface area contributed by atoms with Gasteiger partial charge in [-0.05, 0) is 30.7 Å². The Kier molecular flexibility index (Phi) is 12.0. The number of hydrogen-bond acceptors (Lipinski definition) is 2. The maximum atomic E-state index is 13.9. The van der Waals surface area contributed by atoms with Crippen molar-refractivity contribution >= 4 is 0 Å². The molecule has 0 spiro atoms. The molecule has 0 aliphatic rings. The second-order valence-electron chi connectivity index (χ2n) is 9.33. The van der Waals surface area contributed by atoms with Crippen LogP contribution < -0.4 is 9.47 Å². The highest BCUT2D eigenvalue weighted by molar-refractivity contribution is 5.31. The molecule has 0 atom stereocenters. The average molecular weight is 668 g/mol. The third kappa shape index (κ3) is 7.48. The Labute approximate surface area is 233 Å². The molecular weight excluding hydrogens is 643 g/mol. The average Bonchev–Trinajstić information content (AvgIpc) is 2.87. The summed E-state index contributed by atoms with van der Waals surface area (Å²) in [6.07, 6.45) is -4.77. The Morgan fingerprint density at radius 1 is 0.442 bits per heavy atom. The van der Waals surface area contributed by atoms with Crippen molar-refractivity contribution in [1.29, 1.82) is 0 Å². The number of alkyl halides is 17. The van der Waals surface area contributed by atoms with E-state index in [-0.39, 0.29) is 12.4 Å². The van der Waals surface area contributed by atoms with E-state index in [9.17, 15) is 74.6 Å². The molecule has 1 rings (SSSR count). The zero-order valence-electron chi connectivity index (χ0n) is 21.9. The van der Waals surface area contributed by atoms with Crippen molar-refractivity contribution in [2.24, 2.45) is 0 Å². The van der Waals surface area contributed by atoms with E-state index >= 15 is 0 Å². The van der Waals surface area contributed by atoms with Gasteiger partial charge in [0.1, 0.15) is 11.5 Å². The summed E-state index contributed by atoms with van der Waals surface area (Å²) in [6, 6.07) is 4.43. The molecule has 0 amide bonds. The topological polar surface area (TPSA) is 18.5 Å². The van der Waals surface area contributed by atoms with E-state index in [1.807, 2.05) is 6.92 Å². The van der Waals surface area contributed by atoms with Crippen molar-refractivity contribution in [3.05, 3.63) is 24.3 Å². The fraction of sp³-hybridized carbons (Fsp3) is 0.750. The molecule has 1 aromatic rings. The van der Waals surface area contributed by atoms with Crippen LogP contribution in [0, 0.1) is 0 Å². The van der Waals surface area contributed by atoms with Gasteiger partial charge in [-0.1, -0.05) is 39.0 Å². The Morgan fingerprint density at radius 2 is 0.791 bits per heavy atom. The minimum Gasteiger partial charge on any atom is -0.494 e. The van der Waals surface area contributed by atoms with Gasteiger partial charge in [0.25, 0.3) is 0 Å². The molecule has 0 aromatic heterocycles. The fourth-order valence-corrected chi connectivity index (χ4v) is 3.35. The zero-order valence-corrected chi connectivity index (χ0v) is 21.9. The monoisotopic (exact) mass is 668 g/mol. The third-order valence-electron chi connectivity index (χ3n) is 6.06. The van der Waals surface area contributed by atoms with Crippen LogP contribution in [-0.4, -0.2) is 60.8 Å². The minimum atomic E-state index is -8.64. The molecule has 2 nitrogen and oxygen atoms in total. The van der Waals surface area contributed by atoms with E-state index in [2.05, 4.69) is 4.74 Å². The quantitative estimate of drug-likeness (QED) is 0.115. The molecule has 0 fully saturated rings. The molecule has 0 N–H and O–H groups in total. The van der Waals surface area contributed by atoms with Gasteiger partial charge < -0.3 is 9.47 Å². The second kappa shape index (κ2) is 13.3. The number of benzene rings is 1. The van der Waals surface area contributed by atoms with Gasteiger partial charge in [-0.3, -0.25) is 0 Å². The lowest BCUT2D eigenvalue weighted by Gasteiger charge is -2.42. The first kappa shape index (κ1) is 38.7. The summed E-state index contributed by atoms with van der Waals surface area (Å²) in [5, 5.41) is 0. The summed E-state index contributed by atoms with van der Waals surface area (Å²) in [6.45, 7) is 0.613. The van der Waals surface area contributed by atoms with Gasteiger partial charge in [-0.2, -0.15) is 74.6 Å². The lowest BCUT2D eigenvalue weighted by molar-refractivity contribution is -0.461. The van der Waals surface area contributed by atoms with Gasteiger partial charge in [-0.15, -0.1) is 0 Å². The second-order valence-corrected chi connectivity index (χ2v) is 9.33. The molecule has 0 saturated heterocycles. The fourth-order valence-electron chi connectivity index (χ4n) is 3.35. The maximum Gasteiger partial charge on any atom is 0.460 e. The predicted molar refractivity (Wildman–Crippen MR) is 116 cm³/mol. The van der Waals surface area contributed by atoms with Crippen molar-refractivity contribution in [3.8, 4) is 11.5 Å². The van der Waals surface area contributed by atoms with Crippen molar-refractivity contribution in [1.82, 2.24) is 0 Å². The number of rotatable bonds is 18. The largest absolute Gasteiger partial charge is 0.494 e. The standard InChI is InChI=1S/C24H25F17O2/c1-2-3-4-5-6-7-13-42-15-8-10-16(11-9-15)43-14-12-17(25,26)18(27,28)19(29,30)20(31,32)21(33,34)22(35,36)23(37,38)24(39,40)41/h8-11H,2-7,12-14H2,1H3. The van der Waals surface area contributed by atoms with E-state index in [0.717, 1.165) is 44.2 Å². The molecule has 43 heavy (non-hydrogen) atoms. The minimum absolute atomic E-state index is 0.230. The highest BCUT2D eigenvalue weighted by Gasteiger charge is 2.95. The van der Waals surface area contributed by atoms with Gasteiger partial charge in [0.15, 0.2) is 0 Å². The molecule has 252 valence electrons. The highest BCUT2D eigenvalue weighted by atomic mass is 19.4. The van der Waals surface area contributed by atoms with E-state index in [4.69, 9.17) is 4.74 Å². The first-order valence-electron chi connectivity index (χ1n) is 12.3. The zero-order chi connectivity index (χ0) is 33.8.